The van der Waals surface area contributed by atoms with Gasteiger partial charge in [0.15, 0.2) is 11.5 Å². The first kappa shape index (κ1) is 12.3. The van der Waals surface area contributed by atoms with Crippen LogP contribution in [0.25, 0.3) is 0 Å². The molecule has 1 N–H and O–H groups in total. The van der Waals surface area contributed by atoms with Crippen LogP contribution in [0.5, 0.6) is 11.5 Å². The van der Waals surface area contributed by atoms with Gasteiger partial charge >= 0.3 is 0 Å². The zero-order chi connectivity index (χ0) is 13.4. The van der Waals surface area contributed by atoms with Gasteiger partial charge in [-0.3, -0.25) is 0 Å². The molecule has 5 nitrogen and oxygen atoms in total. The summed E-state index contributed by atoms with van der Waals surface area (Å²) in [5.74, 6) is 1.66. The Kier molecular flexibility index (Phi) is 3.08. The zero-order valence-electron chi connectivity index (χ0n) is 10.3. The first-order valence-corrected chi connectivity index (χ1v) is 6.36. The van der Waals surface area contributed by atoms with Crippen molar-refractivity contribution in [1.82, 2.24) is 9.55 Å². The maximum atomic E-state index is 10.4. The van der Waals surface area contributed by atoms with E-state index in [-0.39, 0.29) is 6.79 Å². The third-order valence-corrected chi connectivity index (χ3v) is 3.38. The summed E-state index contributed by atoms with van der Waals surface area (Å²) in [4.78, 5) is 4.18. The van der Waals surface area contributed by atoms with Gasteiger partial charge < -0.3 is 19.1 Å². The van der Waals surface area contributed by atoms with E-state index in [9.17, 15) is 5.11 Å². The molecule has 1 atom stereocenters. The van der Waals surface area contributed by atoms with Gasteiger partial charge in [0.25, 0.3) is 0 Å². The van der Waals surface area contributed by atoms with Crippen LogP contribution in [0.4, 0.5) is 0 Å². The Morgan fingerprint density at radius 3 is 3.11 bits per heavy atom. The Hall–Kier alpha value is -1.72. The minimum absolute atomic E-state index is 0.151. The van der Waals surface area contributed by atoms with Crippen LogP contribution in [-0.4, -0.2) is 21.5 Å². The lowest BCUT2D eigenvalue weighted by Crippen LogP contribution is -2.08. The number of aryl methyl sites for hydroxylation is 1. The molecule has 3 rings (SSSR count). The Morgan fingerprint density at radius 2 is 2.32 bits per heavy atom. The van der Waals surface area contributed by atoms with Gasteiger partial charge in [-0.15, -0.1) is 0 Å². The summed E-state index contributed by atoms with van der Waals surface area (Å²) in [5.41, 5.74) is 0.634. The van der Waals surface area contributed by atoms with Crippen LogP contribution in [0.15, 0.2) is 24.5 Å². The number of hydrogen-bond acceptors (Lipinski definition) is 4. The molecule has 2 heterocycles. The molecule has 0 amide bonds. The normalized spacial score (nSPS) is 14.7. The van der Waals surface area contributed by atoms with Crippen LogP contribution in [-0.2, 0) is 6.54 Å². The fourth-order valence-electron chi connectivity index (χ4n) is 2.13. The molecule has 0 aliphatic carbocycles. The SMILES string of the molecule is CCn1ccnc1C(O)c1cc(Cl)c2c(c1)OCO2. The second kappa shape index (κ2) is 4.75. The quantitative estimate of drug-likeness (QED) is 0.938. The summed E-state index contributed by atoms with van der Waals surface area (Å²) in [6.45, 7) is 2.88. The molecule has 0 saturated heterocycles. The molecular weight excluding hydrogens is 268 g/mol. The van der Waals surface area contributed by atoms with Crippen molar-refractivity contribution in [2.75, 3.05) is 6.79 Å². The molecule has 1 aromatic heterocycles. The van der Waals surface area contributed by atoms with Gasteiger partial charge in [-0.1, -0.05) is 11.6 Å². The summed E-state index contributed by atoms with van der Waals surface area (Å²) in [7, 11) is 0. The molecular formula is C13H13ClN2O3. The Balaban J connectivity index is 2.01. The van der Waals surface area contributed by atoms with Crippen molar-refractivity contribution in [2.45, 2.75) is 19.6 Å². The van der Waals surface area contributed by atoms with Gasteiger partial charge in [0.2, 0.25) is 6.79 Å². The molecule has 0 saturated carbocycles. The molecule has 0 fully saturated rings. The summed E-state index contributed by atoms with van der Waals surface area (Å²) in [6, 6.07) is 3.40. The average molecular weight is 281 g/mol. The van der Waals surface area contributed by atoms with Crippen molar-refractivity contribution in [1.29, 1.82) is 0 Å². The van der Waals surface area contributed by atoms with Gasteiger partial charge in [-0.05, 0) is 24.6 Å². The first-order chi connectivity index (χ1) is 9.20. The van der Waals surface area contributed by atoms with Gasteiger partial charge in [-0.25, -0.2) is 4.98 Å². The fraction of sp³-hybridized carbons (Fsp3) is 0.308. The van der Waals surface area contributed by atoms with Crippen molar-refractivity contribution < 1.29 is 14.6 Å². The van der Waals surface area contributed by atoms with Gasteiger partial charge in [0.05, 0.1) is 5.02 Å². The number of imidazole rings is 1. The van der Waals surface area contributed by atoms with Crippen LogP contribution < -0.4 is 9.47 Å². The highest BCUT2D eigenvalue weighted by molar-refractivity contribution is 6.32. The van der Waals surface area contributed by atoms with E-state index in [1.807, 2.05) is 17.7 Å². The number of hydrogen-bond donors (Lipinski definition) is 1. The van der Waals surface area contributed by atoms with E-state index in [1.54, 1.807) is 18.3 Å². The predicted octanol–water partition coefficient (Wildman–Crippen LogP) is 2.37. The first-order valence-electron chi connectivity index (χ1n) is 5.99. The highest BCUT2D eigenvalue weighted by Crippen LogP contribution is 2.41. The van der Waals surface area contributed by atoms with Crippen LogP contribution in [0, 0.1) is 0 Å². The summed E-state index contributed by atoms with van der Waals surface area (Å²) in [6.07, 6.45) is 2.64. The van der Waals surface area contributed by atoms with Gasteiger partial charge in [0, 0.05) is 18.9 Å². The van der Waals surface area contributed by atoms with E-state index in [0.717, 1.165) is 6.54 Å². The minimum Gasteiger partial charge on any atom is -0.454 e. The topological polar surface area (TPSA) is 56.5 Å². The van der Waals surface area contributed by atoms with Crippen molar-refractivity contribution in [3.05, 3.63) is 40.9 Å². The molecule has 19 heavy (non-hydrogen) atoms. The molecule has 0 spiro atoms. The lowest BCUT2D eigenvalue weighted by molar-refractivity contribution is 0.173. The van der Waals surface area contributed by atoms with Crippen LogP contribution in [0.1, 0.15) is 24.4 Å². The Bertz CT molecular complexity index is 612. The molecule has 2 aromatic rings. The van der Waals surface area contributed by atoms with E-state index in [1.165, 1.54) is 0 Å². The van der Waals surface area contributed by atoms with Gasteiger partial charge in [0.1, 0.15) is 11.9 Å². The Morgan fingerprint density at radius 1 is 1.47 bits per heavy atom. The largest absolute Gasteiger partial charge is 0.454 e. The highest BCUT2D eigenvalue weighted by atomic mass is 35.5. The number of rotatable bonds is 3. The third-order valence-electron chi connectivity index (χ3n) is 3.10. The van der Waals surface area contributed by atoms with Crippen molar-refractivity contribution in [3.63, 3.8) is 0 Å². The van der Waals surface area contributed by atoms with E-state index in [0.29, 0.717) is 27.9 Å². The Labute approximate surface area is 115 Å². The summed E-state index contributed by atoms with van der Waals surface area (Å²) < 4.78 is 12.4. The fourth-order valence-corrected chi connectivity index (χ4v) is 2.40. The van der Waals surface area contributed by atoms with Crippen molar-refractivity contribution in [3.8, 4) is 11.5 Å². The number of halogens is 1. The summed E-state index contributed by atoms with van der Waals surface area (Å²) in [5, 5.41) is 10.8. The number of benzene rings is 1. The van der Waals surface area contributed by atoms with E-state index in [4.69, 9.17) is 21.1 Å². The number of nitrogens with zero attached hydrogens (tertiary/aromatic N) is 2. The van der Waals surface area contributed by atoms with Crippen molar-refractivity contribution in [2.24, 2.45) is 0 Å². The number of fused-ring (bicyclic) bond motifs is 1. The smallest absolute Gasteiger partial charge is 0.231 e. The molecule has 0 bridgehead atoms. The second-order valence-corrected chi connectivity index (χ2v) is 4.62. The van der Waals surface area contributed by atoms with Gasteiger partial charge in [-0.2, -0.15) is 0 Å². The molecule has 1 unspecified atom stereocenters. The highest BCUT2D eigenvalue weighted by Gasteiger charge is 2.23. The van der Waals surface area contributed by atoms with E-state index < -0.39 is 6.10 Å². The van der Waals surface area contributed by atoms with Crippen LogP contribution in [0.3, 0.4) is 0 Å². The standard InChI is InChI=1S/C13H13ClN2O3/c1-2-16-4-3-15-13(16)11(17)8-5-9(14)12-10(6-8)18-7-19-12/h3-6,11,17H,2,7H2,1H3. The monoisotopic (exact) mass is 280 g/mol. The molecule has 1 aromatic carbocycles. The predicted molar refractivity (Wildman–Crippen MR) is 69.5 cm³/mol. The molecule has 1 aliphatic heterocycles. The number of aromatic nitrogens is 2. The molecule has 0 radical (unpaired) electrons. The van der Waals surface area contributed by atoms with Crippen LogP contribution in [0.2, 0.25) is 5.02 Å². The maximum Gasteiger partial charge on any atom is 0.231 e. The lowest BCUT2D eigenvalue weighted by atomic mass is 10.1. The number of aliphatic hydroxyl groups is 1. The van der Waals surface area contributed by atoms with Crippen molar-refractivity contribution >= 4 is 11.6 Å². The number of aliphatic hydroxyl groups excluding tert-OH is 1. The zero-order valence-corrected chi connectivity index (χ0v) is 11.1. The molecule has 1 aliphatic rings. The third kappa shape index (κ3) is 2.05. The molecule has 6 heteroatoms. The minimum atomic E-state index is -0.845. The molecule has 100 valence electrons. The summed E-state index contributed by atoms with van der Waals surface area (Å²) >= 11 is 6.11. The number of ether oxygens (including phenoxy) is 2. The maximum absolute atomic E-state index is 10.4. The van der Waals surface area contributed by atoms with E-state index >= 15 is 0 Å². The lowest BCUT2D eigenvalue weighted by Gasteiger charge is -2.13. The average Bonchev–Trinajstić information content (AvgIpc) is 3.06. The van der Waals surface area contributed by atoms with Crippen LogP contribution >= 0.6 is 11.6 Å². The van der Waals surface area contributed by atoms with E-state index in [2.05, 4.69) is 4.98 Å². The second-order valence-electron chi connectivity index (χ2n) is 4.21.